The second kappa shape index (κ2) is 20.6. The molecule has 1 amide bonds. The highest BCUT2D eigenvalue weighted by Crippen LogP contribution is 2.15. The first-order valence-electron chi connectivity index (χ1n) is 13.0. The topological polar surface area (TPSA) is 55.8 Å². The summed E-state index contributed by atoms with van der Waals surface area (Å²) in [6.07, 6.45) is 19.2. The number of nitrogens with zero attached hydrogens (tertiary/aromatic N) is 1. The first-order valence-corrected chi connectivity index (χ1v) is 13.0. The number of rotatable bonds is 20. The van der Waals surface area contributed by atoms with Crippen LogP contribution in [0.1, 0.15) is 124 Å². The Morgan fingerprint density at radius 2 is 1.10 bits per heavy atom. The second-order valence-electron chi connectivity index (χ2n) is 9.12. The first-order chi connectivity index (χ1) is 15.0. The van der Waals surface area contributed by atoms with Crippen molar-refractivity contribution in [2.24, 2.45) is 5.92 Å². The molecule has 5 heteroatoms. The van der Waals surface area contributed by atoms with Crippen LogP contribution < -0.4 is 0 Å². The van der Waals surface area contributed by atoms with Gasteiger partial charge in [-0.25, -0.2) is 9.59 Å². The van der Waals surface area contributed by atoms with Crippen molar-refractivity contribution in [3.63, 3.8) is 0 Å². The van der Waals surface area contributed by atoms with E-state index in [0.717, 1.165) is 12.8 Å². The van der Waals surface area contributed by atoms with Gasteiger partial charge in [-0.3, -0.25) is 4.90 Å². The van der Waals surface area contributed by atoms with E-state index in [2.05, 4.69) is 6.92 Å². The molecule has 0 fully saturated rings. The van der Waals surface area contributed by atoms with E-state index in [1.807, 2.05) is 13.8 Å². The minimum absolute atomic E-state index is 0.0250. The van der Waals surface area contributed by atoms with Crippen molar-refractivity contribution in [2.75, 3.05) is 20.3 Å². The Kier molecular flexibility index (Phi) is 19.8. The van der Waals surface area contributed by atoms with Gasteiger partial charge in [0, 0.05) is 7.05 Å². The molecule has 0 bridgehead atoms. The van der Waals surface area contributed by atoms with Crippen LogP contribution >= 0.6 is 0 Å². The molecule has 0 aromatic rings. The maximum atomic E-state index is 12.4. The zero-order chi connectivity index (χ0) is 23.3. The predicted molar refractivity (Wildman–Crippen MR) is 129 cm³/mol. The Morgan fingerprint density at radius 1 is 0.677 bits per heavy atom. The Balaban J connectivity index is 3.64. The van der Waals surface area contributed by atoms with Gasteiger partial charge >= 0.3 is 12.1 Å². The summed E-state index contributed by atoms with van der Waals surface area (Å²) in [4.78, 5) is 25.7. The zero-order valence-electron chi connectivity index (χ0n) is 21.3. The van der Waals surface area contributed by atoms with Crippen molar-refractivity contribution < 1.29 is 19.1 Å². The van der Waals surface area contributed by atoms with Crippen molar-refractivity contribution in [3.05, 3.63) is 0 Å². The smallest absolute Gasteiger partial charge is 0.410 e. The van der Waals surface area contributed by atoms with E-state index >= 15 is 0 Å². The summed E-state index contributed by atoms with van der Waals surface area (Å²) in [5.74, 6) is -0.362. The molecule has 0 saturated heterocycles. The molecule has 0 aliphatic rings. The number of carbonyl (C=O) groups is 2. The highest BCUT2D eigenvalue weighted by Gasteiger charge is 2.31. The van der Waals surface area contributed by atoms with Crippen molar-refractivity contribution in [1.29, 1.82) is 0 Å². The first kappa shape index (κ1) is 29.7. The van der Waals surface area contributed by atoms with Crippen LogP contribution in [-0.4, -0.2) is 43.3 Å². The fourth-order valence-electron chi connectivity index (χ4n) is 3.95. The van der Waals surface area contributed by atoms with Gasteiger partial charge in [0.15, 0.2) is 0 Å². The maximum absolute atomic E-state index is 12.4. The van der Waals surface area contributed by atoms with Crippen LogP contribution in [0.3, 0.4) is 0 Å². The van der Waals surface area contributed by atoms with Gasteiger partial charge in [0.05, 0.1) is 13.2 Å². The van der Waals surface area contributed by atoms with Crippen molar-refractivity contribution in [3.8, 4) is 0 Å². The lowest BCUT2D eigenvalue weighted by molar-refractivity contribution is -0.150. The lowest BCUT2D eigenvalue weighted by Gasteiger charge is -2.28. The van der Waals surface area contributed by atoms with Gasteiger partial charge in [-0.15, -0.1) is 0 Å². The molecule has 0 heterocycles. The number of carbonyl (C=O) groups excluding carboxylic acids is 2. The van der Waals surface area contributed by atoms with Crippen LogP contribution in [0.5, 0.6) is 0 Å². The van der Waals surface area contributed by atoms with E-state index < -0.39 is 12.1 Å². The SMILES string of the molecule is CCCCCCCCCCCCCCCCCOC(=O)C(C(C)C)N(C)C(=O)OCC. The van der Waals surface area contributed by atoms with E-state index in [9.17, 15) is 9.59 Å². The highest BCUT2D eigenvalue weighted by atomic mass is 16.6. The van der Waals surface area contributed by atoms with Gasteiger partial charge < -0.3 is 9.47 Å². The molecule has 0 radical (unpaired) electrons. The molecule has 0 rings (SSSR count). The lowest BCUT2D eigenvalue weighted by atomic mass is 10.0. The second-order valence-corrected chi connectivity index (χ2v) is 9.12. The summed E-state index contributed by atoms with van der Waals surface area (Å²) in [6.45, 7) is 8.57. The molecule has 184 valence electrons. The van der Waals surface area contributed by atoms with Gasteiger partial charge in [-0.05, 0) is 19.3 Å². The molecule has 0 aliphatic heterocycles. The largest absolute Gasteiger partial charge is 0.464 e. The molecule has 0 aromatic carbocycles. The molecular formula is C26H51NO4. The van der Waals surface area contributed by atoms with Gasteiger partial charge in [0.25, 0.3) is 0 Å². The third-order valence-electron chi connectivity index (χ3n) is 5.84. The van der Waals surface area contributed by atoms with E-state index in [0.29, 0.717) is 13.2 Å². The average molecular weight is 442 g/mol. The molecule has 1 unspecified atom stereocenters. The molecule has 0 N–H and O–H groups in total. The van der Waals surface area contributed by atoms with Crippen LogP contribution in [0.2, 0.25) is 0 Å². The number of hydrogen-bond acceptors (Lipinski definition) is 4. The summed E-state index contributed by atoms with van der Waals surface area (Å²) in [5, 5.41) is 0. The average Bonchev–Trinajstić information content (AvgIpc) is 2.73. The summed E-state index contributed by atoms with van der Waals surface area (Å²) in [6, 6.07) is -0.601. The molecule has 31 heavy (non-hydrogen) atoms. The zero-order valence-corrected chi connectivity index (χ0v) is 21.3. The van der Waals surface area contributed by atoms with Gasteiger partial charge in [0.1, 0.15) is 6.04 Å². The monoisotopic (exact) mass is 441 g/mol. The Hall–Kier alpha value is -1.26. The molecule has 0 aromatic heterocycles. The van der Waals surface area contributed by atoms with E-state index in [-0.39, 0.29) is 11.9 Å². The molecular weight excluding hydrogens is 390 g/mol. The van der Waals surface area contributed by atoms with Gasteiger partial charge in [0.2, 0.25) is 0 Å². The maximum Gasteiger partial charge on any atom is 0.410 e. The Morgan fingerprint density at radius 3 is 1.48 bits per heavy atom. The summed E-state index contributed by atoms with van der Waals surface area (Å²) >= 11 is 0. The van der Waals surface area contributed by atoms with E-state index in [4.69, 9.17) is 9.47 Å². The standard InChI is InChI=1S/C26H51NO4/c1-6-8-9-10-11-12-13-14-15-16-17-18-19-20-21-22-31-25(28)24(23(3)4)27(5)26(29)30-7-2/h23-24H,6-22H2,1-5H3. The van der Waals surface area contributed by atoms with Gasteiger partial charge in [-0.1, -0.05) is 111 Å². The normalized spacial score (nSPS) is 12.1. The minimum atomic E-state index is -0.601. The minimum Gasteiger partial charge on any atom is -0.464 e. The third-order valence-corrected chi connectivity index (χ3v) is 5.84. The highest BCUT2D eigenvalue weighted by molar-refractivity contribution is 5.81. The van der Waals surface area contributed by atoms with Gasteiger partial charge in [-0.2, -0.15) is 0 Å². The number of amides is 1. The quantitative estimate of drug-likeness (QED) is 0.145. The van der Waals surface area contributed by atoms with Crippen LogP contribution in [0.4, 0.5) is 4.79 Å². The molecule has 5 nitrogen and oxygen atoms in total. The van der Waals surface area contributed by atoms with Crippen LogP contribution in [0.15, 0.2) is 0 Å². The number of ether oxygens (including phenoxy) is 2. The molecule has 1 atom stereocenters. The van der Waals surface area contributed by atoms with Crippen LogP contribution in [0, 0.1) is 5.92 Å². The van der Waals surface area contributed by atoms with Crippen molar-refractivity contribution in [1.82, 2.24) is 4.90 Å². The Labute approximate surface area is 192 Å². The van der Waals surface area contributed by atoms with Crippen molar-refractivity contribution >= 4 is 12.1 Å². The summed E-state index contributed by atoms with van der Waals surface area (Å²) in [5.41, 5.74) is 0. The number of hydrogen-bond donors (Lipinski definition) is 0. The van der Waals surface area contributed by atoms with E-state index in [1.54, 1.807) is 14.0 Å². The Bertz CT molecular complexity index is 439. The predicted octanol–water partition coefficient (Wildman–Crippen LogP) is 7.51. The number of unbranched alkanes of at least 4 members (excludes halogenated alkanes) is 14. The van der Waals surface area contributed by atoms with E-state index in [1.165, 1.54) is 88.4 Å². The lowest BCUT2D eigenvalue weighted by Crippen LogP contribution is -2.46. The van der Waals surface area contributed by atoms with Crippen molar-refractivity contribution in [2.45, 2.75) is 130 Å². The fourth-order valence-corrected chi connectivity index (χ4v) is 3.95. The number of esters is 1. The molecule has 0 spiro atoms. The number of likely N-dealkylation sites (N-methyl/N-ethyl adjacent to an activating group) is 1. The molecule has 0 aliphatic carbocycles. The third kappa shape index (κ3) is 16.1. The summed E-state index contributed by atoms with van der Waals surface area (Å²) < 4.78 is 10.4. The van der Waals surface area contributed by atoms with Crippen LogP contribution in [0.25, 0.3) is 0 Å². The molecule has 0 saturated carbocycles. The summed E-state index contributed by atoms with van der Waals surface area (Å²) in [7, 11) is 1.59. The van der Waals surface area contributed by atoms with Crippen LogP contribution in [-0.2, 0) is 14.3 Å². The fraction of sp³-hybridized carbons (Fsp3) is 0.923.